The van der Waals surface area contributed by atoms with Crippen molar-refractivity contribution in [3.63, 3.8) is 0 Å². The third kappa shape index (κ3) is 7.77. The molecule has 17 heavy (non-hydrogen) atoms. The molecule has 0 amide bonds. The molecule has 2 nitrogen and oxygen atoms in total. The minimum Gasteiger partial charge on any atom is -0.313 e. The Labute approximate surface area is 109 Å². The summed E-state index contributed by atoms with van der Waals surface area (Å²) in [5.41, 5.74) is 0. The van der Waals surface area contributed by atoms with Gasteiger partial charge in [-0.15, -0.1) is 0 Å². The molecule has 0 aliphatic carbocycles. The molecule has 0 aliphatic rings. The SMILES string of the molecule is CCC(CC)CN(CC)CCNC(C)C(C)C. The van der Waals surface area contributed by atoms with E-state index in [1.54, 1.807) is 0 Å². The molecule has 0 spiro atoms. The van der Waals surface area contributed by atoms with Crippen LogP contribution in [0.15, 0.2) is 0 Å². The van der Waals surface area contributed by atoms with Gasteiger partial charge in [-0.3, -0.25) is 0 Å². The van der Waals surface area contributed by atoms with E-state index in [4.69, 9.17) is 0 Å². The van der Waals surface area contributed by atoms with Crippen LogP contribution in [0.3, 0.4) is 0 Å². The first-order chi connectivity index (χ1) is 8.04. The van der Waals surface area contributed by atoms with Crippen LogP contribution >= 0.6 is 0 Å². The molecule has 0 rings (SSSR count). The van der Waals surface area contributed by atoms with Crippen LogP contribution in [0.25, 0.3) is 0 Å². The van der Waals surface area contributed by atoms with Crippen molar-refractivity contribution in [3.05, 3.63) is 0 Å². The van der Waals surface area contributed by atoms with Crippen LogP contribution in [0.4, 0.5) is 0 Å². The molecule has 0 fully saturated rings. The molecule has 0 aromatic heterocycles. The maximum absolute atomic E-state index is 3.61. The molecule has 104 valence electrons. The molecule has 1 unspecified atom stereocenters. The molecule has 0 aromatic carbocycles. The standard InChI is InChI=1S/C15H34N2/c1-7-15(8-2)12-17(9-3)11-10-16-14(6)13(4)5/h13-16H,7-12H2,1-6H3. The lowest BCUT2D eigenvalue weighted by Gasteiger charge is -2.26. The molecule has 1 N–H and O–H groups in total. The number of nitrogens with one attached hydrogen (secondary N) is 1. The Morgan fingerprint density at radius 1 is 1.00 bits per heavy atom. The molecular formula is C15H34N2. The van der Waals surface area contributed by atoms with Crippen molar-refractivity contribution in [1.29, 1.82) is 0 Å². The smallest absolute Gasteiger partial charge is 0.0107 e. The fraction of sp³-hybridized carbons (Fsp3) is 1.00. The fourth-order valence-electron chi connectivity index (χ4n) is 1.98. The monoisotopic (exact) mass is 242 g/mol. The summed E-state index contributed by atoms with van der Waals surface area (Å²) in [6.07, 6.45) is 2.62. The van der Waals surface area contributed by atoms with Gasteiger partial charge in [-0.1, -0.05) is 47.5 Å². The van der Waals surface area contributed by atoms with E-state index in [9.17, 15) is 0 Å². The van der Waals surface area contributed by atoms with Gasteiger partial charge < -0.3 is 10.2 Å². The Morgan fingerprint density at radius 2 is 1.59 bits per heavy atom. The van der Waals surface area contributed by atoms with Crippen molar-refractivity contribution >= 4 is 0 Å². The van der Waals surface area contributed by atoms with E-state index in [1.807, 2.05) is 0 Å². The zero-order valence-corrected chi connectivity index (χ0v) is 12.9. The average Bonchev–Trinajstić information content (AvgIpc) is 2.33. The summed E-state index contributed by atoms with van der Waals surface area (Å²) in [6, 6.07) is 0.627. The zero-order valence-electron chi connectivity index (χ0n) is 12.9. The summed E-state index contributed by atoms with van der Waals surface area (Å²) in [5, 5.41) is 3.61. The van der Waals surface area contributed by atoms with Crippen LogP contribution in [-0.4, -0.2) is 37.1 Å². The van der Waals surface area contributed by atoms with Gasteiger partial charge in [0.15, 0.2) is 0 Å². The average molecular weight is 242 g/mol. The van der Waals surface area contributed by atoms with Crippen LogP contribution in [0, 0.1) is 11.8 Å². The van der Waals surface area contributed by atoms with Gasteiger partial charge in [0.25, 0.3) is 0 Å². The number of hydrogen-bond donors (Lipinski definition) is 1. The third-order valence-corrected chi connectivity index (χ3v) is 4.01. The minimum atomic E-state index is 0.627. The summed E-state index contributed by atoms with van der Waals surface area (Å²) < 4.78 is 0. The van der Waals surface area contributed by atoms with E-state index >= 15 is 0 Å². The predicted octanol–water partition coefficient (Wildman–Crippen LogP) is 3.38. The maximum atomic E-state index is 3.61. The first kappa shape index (κ1) is 16.9. The lowest BCUT2D eigenvalue weighted by atomic mass is 10.0. The van der Waals surface area contributed by atoms with Crippen molar-refractivity contribution < 1.29 is 0 Å². The van der Waals surface area contributed by atoms with Crippen molar-refractivity contribution in [2.75, 3.05) is 26.2 Å². The van der Waals surface area contributed by atoms with Crippen LogP contribution in [0.5, 0.6) is 0 Å². The Balaban J connectivity index is 3.82. The number of likely N-dealkylation sites (N-methyl/N-ethyl adjacent to an activating group) is 1. The van der Waals surface area contributed by atoms with E-state index in [1.165, 1.54) is 32.5 Å². The van der Waals surface area contributed by atoms with Crippen LogP contribution < -0.4 is 5.32 Å². The molecule has 0 bridgehead atoms. The maximum Gasteiger partial charge on any atom is 0.0107 e. The zero-order chi connectivity index (χ0) is 13.3. The molecule has 0 aliphatic heterocycles. The summed E-state index contributed by atoms with van der Waals surface area (Å²) in [6.45, 7) is 18.5. The van der Waals surface area contributed by atoms with Gasteiger partial charge in [-0.05, 0) is 25.3 Å². The lowest BCUT2D eigenvalue weighted by molar-refractivity contribution is 0.229. The summed E-state index contributed by atoms with van der Waals surface area (Å²) in [4.78, 5) is 2.58. The second-order valence-corrected chi connectivity index (χ2v) is 5.56. The molecular weight excluding hydrogens is 208 g/mol. The minimum absolute atomic E-state index is 0.627. The van der Waals surface area contributed by atoms with E-state index in [0.29, 0.717) is 6.04 Å². The largest absolute Gasteiger partial charge is 0.313 e. The first-order valence-corrected chi connectivity index (χ1v) is 7.50. The molecule has 0 saturated heterocycles. The molecule has 0 heterocycles. The molecule has 0 radical (unpaired) electrons. The second-order valence-electron chi connectivity index (χ2n) is 5.56. The van der Waals surface area contributed by atoms with Crippen molar-refractivity contribution in [3.8, 4) is 0 Å². The Hall–Kier alpha value is -0.0800. The van der Waals surface area contributed by atoms with Gasteiger partial charge in [0, 0.05) is 25.7 Å². The van der Waals surface area contributed by atoms with Crippen LogP contribution in [-0.2, 0) is 0 Å². The highest BCUT2D eigenvalue weighted by Crippen LogP contribution is 2.09. The number of nitrogens with zero attached hydrogens (tertiary/aromatic N) is 1. The van der Waals surface area contributed by atoms with Gasteiger partial charge in [0.1, 0.15) is 0 Å². The topological polar surface area (TPSA) is 15.3 Å². The van der Waals surface area contributed by atoms with E-state index < -0.39 is 0 Å². The van der Waals surface area contributed by atoms with E-state index in [0.717, 1.165) is 18.4 Å². The number of rotatable bonds is 10. The fourth-order valence-corrected chi connectivity index (χ4v) is 1.98. The quantitative estimate of drug-likeness (QED) is 0.632. The lowest BCUT2D eigenvalue weighted by Crippen LogP contribution is -2.39. The van der Waals surface area contributed by atoms with Gasteiger partial charge in [0.05, 0.1) is 0 Å². The van der Waals surface area contributed by atoms with Gasteiger partial charge in [-0.2, -0.15) is 0 Å². The molecule has 2 heteroatoms. The van der Waals surface area contributed by atoms with Gasteiger partial charge >= 0.3 is 0 Å². The molecule has 0 saturated carbocycles. The highest BCUT2D eigenvalue weighted by Gasteiger charge is 2.10. The molecule has 0 aromatic rings. The third-order valence-electron chi connectivity index (χ3n) is 4.01. The van der Waals surface area contributed by atoms with Gasteiger partial charge in [0.2, 0.25) is 0 Å². The van der Waals surface area contributed by atoms with E-state index in [2.05, 4.69) is 51.8 Å². The highest BCUT2D eigenvalue weighted by atomic mass is 15.1. The molecule has 1 atom stereocenters. The predicted molar refractivity (Wildman–Crippen MR) is 78.5 cm³/mol. The van der Waals surface area contributed by atoms with Crippen molar-refractivity contribution in [2.24, 2.45) is 11.8 Å². The van der Waals surface area contributed by atoms with Gasteiger partial charge in [-0.25, -0.2) is 0 Å². The van der Waals surface area contributed by atoms with E-state index in [-0.39, 0.29) is 0 Å². The summed E-state index contributed by atoms with van der Waals surface area (Å²) >= 11 is 0. The highest BCUT2D eigenvalue weighted by molar-refractivity contribution is 4.68. The van der Waals surface area contributed by atoms with Crippen LogP contribution in [0.2, 0.25) is 0 Å². The normalized spacial score (nSPS) is 13.9. The van der Waals surface area contributed by atoms with Crippen molar-refractivity contribution in [2.45, 2.75) is 60.4 Å². The second kappa shape index (κ2) is 9.90. The number of hydrogen-bond acceptors (Lipinski definition) is 2. The van der Waals surface area contributed by atoms with Crippen LogP contribution in [0.1, 0.15) is 54.4 Å². The Bertz CT molecular complexity index is 164. The first-order valence-electron chi connectivity index (χ1n) is 7.50. The summed E-state index contributed by atoms with van der Waals surface area (Å²) in [7, 11) is 0. The Morgan fingerprint density at radius 3 is 2.00 bits per heavy atom. The Kier molecular flexibility index (Phi) is 9.85. The summed E-state index contributed by atoms with van der Waals surface area (Å²) in [5.74, 6) is 1.60. The van der Waals surface area contributed by atoms with Crippen molar-refractivity contribution in [1.82, 2.24) is 10.2 Å².